The Bertz CT molecular complexity index is 868. The zero-order valence-corrected chi connectivity index (χ0v) is 17.4. The molecule has 0 radical (unpaired) electrons. The topological polar surface area (TPSA) is 68.2 Å². The molecule has 0 aromatic heterocycles. The van der Waals surface area contributed by atoms with Gasteiger partial charge in [-0.2, -0.15) is 16.9 Å². The summed E-state index contributed by atoms with van der Waals surface area (Å²) in [6.45, 7) is 0. The van der Waals surface area contributed by atoms with Crippen molar-refractivity contribution in [1.82, 2.24) is 5.01 Å². The largest absolute Gasteiger partial charge is 0.497 e. The number of amides is 1. The van der Waals surface area contributed by atoms with E-state index in [0.717, 1.165) is 22.6 Å². The van der Waals surface area contributed by atoms with Gasteiger partial charge in [-0.15, -0.1) is 0 Å². The molecule has 6 nitrogen and oxygen atoms in total. The average Bonchev–Trinajstić information content (AvgIpc) is 3.22. The van der Waals surface area contributed by atoms with Gasteiger partial charge >= 0.3 is 5.97 Å². The Balaban J connectivity index is 1.75. The quantitative estimate of drug-likeness (QED) is 0.489. The summed E-state index contributed by atoms with van der Waals surface area (Å²) >= 11 is 1.41. The molecule has 29 heavy (non-hydrogen) atoms. The Morgan fingerprint density at radius 1 is 1.10 bits per heavy atom. The normalized spacial score (nSPS) is 15.7. The molecule has 2 aromatic carbocycles. The second-order valence-corrected chi connectivity index (χ2v) is 7.63. The smallest absolute Gasteiger partial charge is 0.306 e. The fourth-order valence-electron chi connectivity index (χ4n) is 3.11. The van der Waals surface area contributed by atoms with Gasteiger partial charge in [-0.1, -0.05) is 42.5 Å². The van der Waals surface area contributed by atoms with Crippen molar-refractivity contribution in [2.24, 2.45) is 5.10 Å². The van der Waals surface area contributed by atoms with E-state index in [9.17, 15) is 9.59 Å². The van der Waals surface area contributed by atoms with Crippen LogP contribution in [0.1, 0.15) is 30.0 Å². The molecule has 0 aliphatic carbocycles. The number of esters is 1. The summed E-state index contributed by atoms with van der Waals surface area (Å²) in [6.07, 6.45) is 0.934. The minimum absolute atomic E-state index is 0.0772. The zero-order valence-electron chi connectivity index (χ0n) is 16.5. The maximum absolute atomic E-state index is 12.9. The summed E-state index contributed by atoms with van der Waals surface area (Å²) in [7, 11) is 2.99. The van der Waals surface area contributed by atoms with Crippen molar-refractivity contribution in [1.29, 1.82) is 0 Å². The molecule has 1 atom stereocenters. The lowest BCUT2D eigenvalue weighted by Gasteiger charge is -2.22. The Morgan fingerprint density at radius 3 is 2.48 bits per heavy atom. The van der Waals surface area contributed by atoms with Crippen molar-refractivity contribution in [3.05, 3.63) is 65.7 Å². The standard InChI is InChI=1S/C22H24N2O4S/c1-27-18-10-8-17(9-11-18)20-14-19(16-6-4-3-5-7-16)23-24(20)21(25)15-29-13-12-22(26)28-2/h3-11,20H,12-15H2,1-2H3/t20-/m1/s1. The number of methoxy groups -OCH3 is 2. The van der Waals surface area contributed by atoms with Crippen molar-refractivity contribution in [3.63, 3.8) is 0 Å². The van der Waals surface area contributed by atoms with Crippen molar-refractivity contribution in [3.8, 4) is 5.75 Å². The Hall–Kier alpha value is -2.80. The Kier molecular flexibility index (Phi) is 7.30. The predicted octanol–water partition coefficient (Wildman–Crippen LogP) is 3.67. The van der Waals surface area contributed by atoms with Crippen LogP contribution in [0.2, 0.25) is 0 Å². The maximum atomic E-state index is 12.9. The van der Waals surface area contributed by atoms with Crippen LogP contribution >= 0.6 is 11.8 Å². The van der Waals surface area contributed by atoms with Crippen LogP contribution in [0, 0.1) is 0 Å². The molecule has 0 spiro atoms. The third-order valence-corrected chi connectivity index (χ3v) is 5.62. The lowest BCUT2D eigenvalue weighted by molar-refractivity contribution is -0.140. The number of rotatable bonds is 8. The Morgan fingerprint density at radius 2 is 1.83 bits per heavy atom. The van der Waals surface area contributed by atoms with E-state index in [1.807, 2.05) is 54.6 Å². The SMILES string of the molecule is COC(=O)CCSCC(=O)N1N=C(c2ccccc2)C[C@@H]1c1ccc(OC)cc1. The minimum Gasteiger partial charge on any atom is -0.497 e. The van der Waals surface area contributed by atoms with Gasteiger partial charge in [0.05, 0.1) is 38.1 Å². The lowest BCUT2D eigenvalue weighted by Crippen LogP contribution is -2.28. The first-order chi connectivity index (χ1) is 14.1. The summed E-state index contributed by atoms with van der Waals surface area (Å²) in [6, 6.07) is 17.5. The average molecular weight is 413 g/mol. The van der Waals surface area contributed by atoms with E-state index in [1.165, 1.54) is 18.9 Å². The van der Waals surface area contributed by atoms with Crippen LogP contribution in [-0.2, 0) is 14.3 Å². The summed E-state index contributed by atoms with van der Waals surface area (Å²) in [5, 5.41) is 6.23. The number of benzene rings is 2. The van der Waals surface area contributed by atoms with Gasteiger partial charge in [-0.25, -0.2) is 5.01 Å². The summed E-state index contributed by atoms with van der Waals surface area (Å²) in [5.41, 5.74) is 2.91. The van der Waals surface area contributed by atoms with Gasteiger partial charge in [0, 0.05) is 12.2 Å². The van der Waals surface area contributed by atoms with E-state index in [0.29, 0.717) is 12.2 Å². The maximum Gasteiger partial charge on any atom is 0.306 e. The van der Waals surface area contributed by atoms with Gasteiger partial charge in [0.15, 0.2) is 0 Å². The first kappa shape index (κ1) is 20.9. The molecule has 0 fully saturated rings. The van der Waals surface area contributed by atoms with Crippen LogP contribution in [0.5, 0.6) is 5.75 Å². The van der Waals surface area contributed by atoms with Crippen molar-refractivity contribution in [2.45, 2.75) is 18.9 Å². The van der Waals surface area contributed by atoms with E-state index in [1.54, 1.807) is 12.1 Å². The van der Waals surface area contributed by atoms with E-state index >= 15 is 0 Å². The first-order valence-electron chi connectivity index (χ1n) is 9.36. The molecule has 1 aliphatic heterocycles. The monoisotopic (exact) mass is 412 g/mol. The highest BCUT2D eigenvalue weighted by Gasteiger charge is 2.32. The van der Waals surface area contributed by atoms with Crippen LogP contribution in [0.25, 0.3) is 0 Å². The lowest BCUT2D eigenvalue weighted by atomic mass is 9.98. The summed E-state index contributed by atoms with van der Waals surface area (Å²) < 4.78 is 9.87. The molecule has 0 N–H and O–H groups in total. The molecule has 0 unspecified atom stereocenters. The number of carbonyl (C=O) groups is 2. The third kappa shape index (κ3) is 5.38. The number of thioether (sulfide) groups is 1. The first-order valence-corrected chi connectivity index (χ1v) is 10.5. The van der Waals surface area contributed by atoms with E-state index in [2.05, 4.69) is 9.84 Å². The van der Waals surface area contributed by atoms with Crippen molar-refractivity contribution in [2.75, 3.05) is 25.7 Å². The number of nitrogens with zero attached hydrogens (tertiary/aromatic N) is 2. The molecule has 0 bridgehead atoms. The highest BCUT2D eigenvalue weighted by atomic mass is 32.2. The number of hydrogen-bond donors (Lipinski definition) is 0. The number of hydrogen-bond acceptors (Lipinski definition) is 6. The number of ether oxygens (including phenoxy) is 2. The molecule has 1 heterocycles. The molecule has 2 aromatic rings. The van der Waals surface area contributed by atoms with Crippen LogP contribution in [-0.4, -0.2) is 48.3 Å². The molecule has 3 rings (SSSR count). The molecule has 152 valence electrons. The predicted molar refractivity (Wildman–Crippen MR) is 114 cm³/mol. The van der Waals surface area contributed by atoms with Crippen LogP contribution in [0.15, 0.2) is 59.7 Å². The number of hydrazone groups is 1. The Labute approximate surface area is 174 Å². The highest BCUT2D eigenvalue weighted by Crippen LogP contribution is 2.34. The molecule has 0 saturated heterocycles. The van der Waals surface area contributed by atoms with Gasteiger partial charge in [0.2, 0.25) is 0 Å². The third-order valence-electron chi connectivity index (χ3n) is 4.68. The van der Waals surface area contributed by atoms with Crippen LogP contribution < -0.4 is 4.74 Å². The fourth-order valence-corrected chi connectivity index (χ4v) is 3.88. The van der Waals surface area contributed by atoms with Gasteiger partial charge in [0.25, 0.3) is 5.91 Å². The van der Waals surface area contributed by atoms with Gasteiger partial charge in [-0.05, 0) is 23.3 Å². The summed E-state index contributed by atoms with van der Waals surface area (Å²) in [5.74, 6) is 1.22. The molecule has 1 amide bonds. The molecule has 1 aliphatic rings. The van der Waals surface area contributed by atoms with E-state index in [4.69, 9.17) is 4.74 Å². The van der Waals surface area contributed by atoms with Gasteiger partial charge in [-0.3, -0.25) is 9.59 Å². The fraction of sp³-hybridized carbons (Fsp3) is 0.318. The van der Waals surface area contributed by atoms with E-state index in [-0.39, 0.29) is 30.1 Å². The van der Waals surface area contributed by atoms with Gasteiger partial charge < -0.3 is 9.47 Å². The van der Waals surface area contributed by atoms with E-state index < -0.39 is 0 Å². The second kappa shape index (κ2) is 10.1. The molecule has 7 heteroatoms. The van der Waals surface area contributed by atoms with Crippen molar-refractivity contribution >= 4 is 29.4 Å². The molecular formula is C22H24N2O4S. The molecular weight excluding hydrogens is 388 g/mol. The molecule has 0 saturated carbocycles. The highest BCUT2D eigenvalue weighted by molar-refractivity contribution is 7.99. The summed E-state index contributed by atoms with van der Waals surface area (Å²) in [4.78, 5) is 24.1. The number of carbonyl (C=O) groups excluding carboxylic acids is 2. The van der Waals surface area contributed by atoms with Crippen LogP contribution in [0.3, 0.4) is 0 Å². The van der Waals surface area contributed by atoms with Crippen molar-refractivity contribution < 1.29 is 19.1 Å². The minimum atomic E-state index is -0.272. The second-order valence-electron chi connectivity index (χ2n) is 6.52. The van der Waals surface area contributed by atoms with Gasteiger partial charge in [0.1, 0.15) is 5.75 Å². The van der Waals surface area contributed by atoms with Crippen LogP contribution in [0.4, 0.5) is 0 Å². The zero-order chi connectivity index (χ0) is 20.6.